The number of benzene rings is 2. The third kappa shape index (κ3) is 5.36. The fraction of sp³-hybridized carbons (Fsp3) is 0.364. The second-order valence-electron chi connectivity index (χ2n) is 11.0. The van der Waals surface area contributed by atoms with E-state index >= 15 is 0 Å². The maximum Gasteiger partial charge on any atom is 0.126 e. The van der Waals surface area contributed by atoms with E-state index in [0.29, 0.717) is 17.9 Å². The average Bonchev–Trinajstić information content (AvgIpc) is 2.98. The molecule has 4 aromatic rings. The summed E-state index contributed by atoms with van der Waals surface area (Å²) in [6.45, 7) is 2.21. The van der Waals surface area contributed by atoms with Crippen molar-refractivity contribution < 1.29 is 0 Å². The third-order valence-electron chi connectivity index (χ3n) is 8.50. The fourth-order valence-corrected chi connectivity index (χ4v) is 6.56. The standard InChI is InChI=1S/C33H35N5/c34-20-24-11-13-29(14-12-24)38-17-5-6-25(23-38)18-27-7-2-4-10-32(27)37-33-19-26(15-16-36-33)31-22-35-21-28-8-1-3-9-30(28)31/h1,3,8-9,11-16,19,21-22,25,27,32H,2,4-7,10,17-18,23H2,(H,36,37)/t25-,27+,32-/m1/s1. The largest absolute Gasteiger partial charge is 0.371 e. The predicted molar refractivity (Wildman–Crippen MR) is 155 cm³/mol. The summed E-state index contributed by atoms with van der Waals surface area (Å²) in [6.07, 6.45) is 14.7. The molecule has 0 amide bonds. The molecular weight excluding hydrogens is 466 g/mol. The lowest BCUT2D eigenvalue weighted by Crippen LogP contribution is -2.39. The first-order chi connectivity index (χ1) is 18.8. The Balaban J connectivity index is 1.15. The number of fused-ring (bicyclic) bond motifs is 1. The fourth-order valence-electron chi connectivity index (χ4n) is 6.56. The minimum absolute atomic E-state index is 0.461. The number of rotatable bonds is 6. The summed E-state index contributed by atoms with van der Waals surface area (Å²) in [6, 6.07) is 23.5. The van der Waals surface area contributed by atoms with Crippen molar-refractivity contribution >= 4 is 22.3 Å². The summed E-state index contributed by atoms with van der Waals surface area (Å²) >= 11 is 0. The summed E-state index contributed by atoms with van der Waals surface area (Å²) in [5, 5.41) is 15.4. The summed E-state index contributed by atoms with van der Waals surface area (Å²) in [5.41, 5.74) is 4.28. The Morgan fingerprint density at radius 3 is 2.71 bits per heavy atom. The van der Waals surface area contributed by atoms with Gasteiger partial charge in [-0.25, -0.2) is 4.98 Å². The monoisotopic (exact) mass is 501 g/mol. The van der Waals surface area contributed by atoms with Crippen LogP contribution in [0, 0.1) is 23.2 Å². The van der Waals surface area contributed by atoms with Crippen molar-refractivity contribution in [3.63, 3.8) is 0 Å². The molecule has 6 rings (SSSR count). The number of pyridine rings is 2. The van der Waals surface area contributed by atoms with Crippen LogP contribution in [0.1, 0.15) is 50.5 Å². The van der Waals surface area contributed by atoms with Crippen LogP contribution < -0.4 is 10.2 Å². The predicted octanol–water partition coefficient (Wildman–Crippen LogP) is 7.45. The maximum absolute atomic E-state index is 9.13. The quantitative estimate of drug-likeness (QED) is 0.297. The maximum atomic E-state index is 9.13. The molecule has 2 aromatic carbocycles. The van der Waals surface area contributed by atoms with Gasteiger partial charge in [0.05, 0.1) is 11.6 Å². The third-order valence-corrected chi connectivity index (χ3v) is 8.50. The molecule has 0 radical (unpaired) electrons. The Labute approximate surface area is 225 Å². The van der Waals surface area contributed by atoms with Gasteiger partial charge >= 0.3 is 0 Å². The van der Waals surface area contributed by atoms with Crippen LogP contribution in [0.4, 0.5) is 11.5 Å². The topological polar surface area (TPSA) is 64.8 Å². The van der Waals surface area contributed by atoms with Crippen molar-refractivity contribution in [3.05, 3.63) is 84.8 Å². The molecule has 1 N–H and O–H groups in total. The zero-order chi connectivity index (χ0) is 25.7. The van der Waals surface area contributed by atoms with Gasteiger partial charge in [0.1, 0.15) is 5.82 Å². The van der Waals surface area contributed by atoms with E-state index in [0.717, 1.165) is 41.0 Å². The zero-order valence-electron chi connectivity index (χ0n) is 21.9. The van der Waals surface area contributed by atoms with E-state index < -0.39 is 0 Å². The Bertz CT molecular complexity index is 1420. The molecule has 1 aliphatic heterocycles. The number of hydrogen-bond donors (Lipinski definition) is 1. The van der Waals surface area contributed by atoms with Crippen LogP contribution in [-0.2, 0) is 0 Å². The van der Waals surface area contributed by atoms with Crippen molar-refractivity contribution in [3.8, 4) is 17.2 Å². The second kappa shape index (κ2) is 11.2. The van der Waals surface area contributed by atoms with Crippen molar-refractivity contribution in [2.75, 3.05) is 23.3 Å². The van der Waals surface area contributed by atoms with Gasteiger partial charge in [-0.1, -0.05) is 37.1 Å². The molecule has 5 nitrogen and oxygen atoms in total. The molecule has 2 fully saturated rings. The highest BCUT2D eigenvalue weighted by atomic mass is 15.1. The number of piperidine rings is 1. The molecule has 3 atom stereocenters. The number of aromatic nitrogens is 2. The van der Waals surface area contributed by atoms with Crippen LogP contribution >= 0.6 is 0 Å². The van der Waals surface area contributed by atoms with Crippen molar-refractivity contribution in [1.29, 1.82) is 5.26 Å². The van der Waals surface area contributed by atoms with E-state index in [1.165, 1.54) is 56.0 Å². The highest BCUT2D eigenvalue weighted by molar-refractivity contribution is 5.95. The minimum Gasteiger partial charge on any atom is -0.371 e. The van der Waals surface area contributed by atoms with Gasteiger partial charge in [0.15, 0.2) is 0 Å². The van der Waals surface area contributed by atoms with Gasteiger partial charge in [-0.15, -0.1) is 0 Å². The summed E-state index contributed by atoms with van der Waals surface area (Å²) in [5.74, 6) is 2.34. The normalized spacial score (nSPS) is 21.7. The Hall–Kier alpha value is -3.91. The van der Waals surface area contributed by atoms with Crippen LogP contribution in [0.2, 0.25) is 0 Å². The molecule has 3 heterocycles. The van der Waals surface area contributed by atoms with E-state index in [2.05, 4.69) is 69.8 Å². The Morgan fingerprint density at radius 1 is 0.947 bits per heavy atom. The van der Waals surface area contributed by atoms with Gasteiger partial charge in [-0.05, 0) is 91.3 Å². The molecule has 38 heavy (non-hydrogen) atoms. The lowest BCUT2D eigenvalue weighted by atomic mass is 9.77. The summed E-state index contributed by atoms with van der Waals surface area (Å²) in [4.78, 5) is 11.7. The lowest BCUT2D eigenvalue weighted by Gasteiger charge is -2.39. The second-order valence-corrected chi connectivity index (χ2v) is 11.0. The zero-order valence-corrected chi connectivity index (χ0v) is 21.9. The summed E-state index contributed by atoms with van der Waals surface area (Å²) < 4.78 is 0. The van der Waals surface area contributed by atoms with E-state index in [9.17, 15) is 0 Å². The van der Waals surface area contributed by atoms with Crippen molar-refractivity contribution in [1.82, 2.24) is 9.97 Å². The van der Waals surface area contributed by atoms with Crippen LogP contribution in [0.5, 0.6) is 0 Å². The number of anilines is 2. The van der Waals surface area contributed by atoms with Gasteiger partial charge in [0.25, 0.3) is 0 Å². The molecule has 192 valence electrons. The first-order valence-corrected chi connectivity index (χ1v) is 14.1. The molecule has 1 saturated heterocycles. The molecular formula is C33H35N5. The highest BCUT2D eigenvalue weighted by Crippen LogP contribution is 2.36. The van der Waals surface area contributed by atoms with E-state index in [-0.39, 0.29) is 0 Å². The van der Waals surface area contributed by atoms with Gasteiger partial charge in [0.2, 0.25) is 0 Å². The van der Waals surface area contributed by atoms with Gasteiger partial charge < -0.3 is 10.2 Å². The molecule has 2 aliphatic rings. The van der Waals surface area contributed by atoms with Gasteiger partial charge in [-0.2, -0.15) is 5.26 Å². The van der Waals surface area contributed by atoms with Crippen LogP contribution in [0.25, 0.3) is 21.9 Å². The number of nitrogens with zero attached hydrogens (tertiary/aromatic N) is 4. The van der Waals surface area contributed by atoms with Crippen LogP contribution in [0.15, 0.2) is 79.3 Å². The molecule has 0 spiro atoms. The molecule has 1 aliphatic carbocycles. The minimum atomic E-state index is 0.461. The van der Waals surface area contributed by atoms with Crippen LogP contribution in [0.3, 0.4) is 0 Å². The van der Waals surface area contributed by atoms with E-state index in [1.807, 2.05) is 30.7 Å². The van der Waals surface area contributed by atoms with Crippen LogP contribution in [-0.4, -0.2) is 29.1 Å². The Morgan fingerprint density at radius 2 is 1.82 bits per heavy atom. The van der Waals surface area contributed by atoms with Gasteiger partial charge in [0, 0.05) is 54.4 Å². The highest BCUT2D eigenvalue weighted by Gasteiger charge is 2.30. The lowest BCUT2D eigenvalue weighted by molar-refractivity contribution is 0.247. The first kappa shape index (κ1) is 24.4. The van der Waals surface area contributed by atoms with Crippen molar-refractivity contribution in [2.45, 2.75) is 51.0 Å². The summed E-state index contributed by atoms with van der Waals surface area (Å²) in [7, 11) is 0. The Kier molecular flexibility index (Phi) is 7.22. The molecule has 1 saturated carbocycles. The first-order valence-electron chi connectivity index (χ1n) is 14.1. The smallest absolute Gasteiger partial charge is 0.126 e. The van der Waals surface area contributed by atoms with Crippen molar-refractivity contribution in [2.24, 2.45) is 11.8 Å². The molecule has 0 bridgehead atoms. The molecule has 2 aromatic heterocycles. The molecule has 5 heteroatoms. The molecule has 0 unspecified atom stereocenters. The number of nitrogens with one attached hydrogen (secondary N) is 1. The number of hydrogen-bond acceptors (Lipinski definition) is 5. The SMILES string of the molecule is N#Cc1ccc(N2CCC[C@H](C[C@@H]3CCCC[C@H]3Nc3cc(-c4cncc5ccccc45)ccn3)C2)cc1. The number of nitriles is 1. The van der Waals surface area contributed by atoms with E-state index in [1.54, 1.807) is 0 Å². The van der Waals surface area contributed by atoms with E-state index in [4.69, 9.17) is 10.2 Å². The average molecular weight is 502 g/mol. The van der Waals surface area contributed by atoms with Gasteiger partial charge in [-0.3, -0.25) is 4.98 Å².